The summed E-state index contributed by atoms with van der Waals surface area (Å²) in [6, 6.07) is 21.9. The van der Waals surface area contributed by atoms with E-state index in [1.807, 2.05) is 55.3 Å². The number of imidazole rings is 2. The van der Waals surface area contributed by atoms with Crippen molar-refractivity contribution in [3.63, 3.8) is 0 Å². The van der Waals surface area contributed by atoms with Crippen LogP contribution in [0.2, 0.25) is 0 Å². The number of aromatic amines is 2. The Morgan fingerprint density at radius 1 is 0.828 bits per heavy atom. The fourth-order valence-corrected chi connectivity index (χ4v) is 10.6. The highest BCUT2D eigenvalue weighted by atomic mass is 16.5. The first-order valence-corrected chi connectivity index (χ1v) is 22.2. The standard InChI is InChI=1S/C49H52N8O7/c1-26(2)41(54-48(60)62-3)47(59)57-37-13-8-12-30(37)22-39(57)45-51-35-18-16-28-21-34-32-17-15-29(20-31(32)25-64-40(34)23-33(28)43(35)53-45)36-24-50-44(52-36)38-14-9-19-56(38)46(58)42(55-49(61)63-4)27-10-6-5-7-11-27/h5-7,10-11,15-18,20-21,23-24,26,30,37-39,41-42H,8-9,12-14,19,22,25H2,1-4H3,(H,50,52)(H,51,53)(H,54,60)(H,55,61)/t30-,37-,38?,39-,41-,42+/m0/s1. The smallest absolute Gasteiger partial charge is 0.407 e. The maximum atomic E-state index is 14.3. The summed E-state index contributed by atoms with van der Waals surface area (Å²) in [5.41, 5.74) is 7.28. The van der Waals surface area contributed by atoms with Gasteiger partial charge in [-0.3, -0.25) is 9.59 Å². The van der Waals surface area contributed by atoms with E-state index in [-0.39, 0.29) is 35.9 Å². The number of amides is 4. The third kappa shape index (κ3) is 7.25. The lowest BCUT2D eigenvalue weighted by molar-refractivity contribution is -0.138. The molecule has 2 aromatic heterocycles. The molecule has 1 saturated carbocycles. The number of carbonyl (C=O) groups excluding carboxylic acids is 4. The molecular formula is C49H52N8O7. The van der Waals surface area contributed by atoms with Crippen LogP contribution < -0.4 is 15.4 Å². The molecule has 3 aliphatic heterocycles. The molecule has 6 atom stereocenters. The van der Waals surface area contributed by atoms with Crippen molar-refractivity contribution in [2.75, 3.05) is 20.8 Å². The quantitative estimate of drug-likeness (QED) is 0.111. The molecule has 15 heteroatoms. The second-order valence-corrected chi connectivity index (χ2v) is 17.8. The SMILES string of the molecule is COC(=O)N[C@H](C(=O)N1[C@H](c2nc3c(ccc4cc5c(cc43)OCc3cc(-c4cnc(C6CCCN6C(=O)[C@H](NC(=O)OC)c6ccccc6)[nH]4)ccc3-5)[nH]2)C[C@@H]2CCC[C@@H]21)C(C)C. The largest absolute Gasteiger partial charge is 0.488 e. The Bertz CT molecular complexity index is 2780. The number of hydrogen-bond acceptors (Lipinski definition) is 9. The zero-order chi connectivity index (χ0) is 44.2. The minimum absolute atomic E-state index is 0.0987. The topological polar surface area (TPSA) is 184 Å². The summed E-state index contributed by atoms with van der Waals surface area (Å²) in [5, 5.41) is 7.51. The lowest BCUT2D eigenvalue weighted by Gasteiger charge is -2.33. The van der Waals surface area contributed by atoms with Crippen molar-refractivity contribution in [1.29, 1.82) is 0 Å². The molecule has 4 amide bonds. The predicted octanol–water partition coefficient (Wildman–Crippen LogP) is 8.25. The lowest BCUT2D eigenvalue weighted by Crippen LogP contribution is -2.53. The number of methoxy groups -OCH3 is 2. The third-order valence-corrected chi connectivity index (χ3v) is 13.8. The van der Waals surface area contributed by atoms with E-state index in [2.05, 4.69) is 63.1 Å². The average Bonchev–Trinajstić information content (AvgIpc) is 4.17. The number of rotatable bonds is 9. The Labute approximate surface area is 370 Å². The van der Waals surface area contributed by atoms with Crippen LogP contribution in [0.4, 0.5) is 9.59 Å². The van der Waals surface area contributed by atoms with Crippen molar-refractivity contribution in [2.45, 2.75) is 89.2 Å². The fourth-order valence-electron chi connectivity index (χ4n) is 10.6. The summed E-state index contributed by atoms with van der Waals surface area (Å²) in [6.45, 7) is 4.79. The summed E-state index contributed by atoms with van der Waals surface area (Å²) in [6.07, 6.45) is 5.96. The van der Waals surface area contributed by atoms with E-state index in [0.717, 1.165) is 99.9 Å². The van der Waals surface area contributed by atoms with E-state index < -0.39 is 24.3 Å². The van der Waals surface area contributed by atoms with E-state index in [4.69, 9.17) is 24.2 Å². The summed E-state index contributed by atoms with van der Waals surface area (Å²) < 4.78 is 16.2. The Morgan fingerprint density at radius 2 is 1.64 bits per heavy atom. The summed E-state index contributed by atoms with van der Waals surface area (Å²) >= 11 is 0. The number of ether oxygens (including phenoxy) is 3. The van der Waals surface area contributed by atoms with E-state index >= 15 is 0 Å². The van der Waals surface area contributed by atoms with Crippen molar-refractivity contribution in [3.8, 4) is 28.1 Å². The first-order valence-electron chi connectivity index (χ1n) is 22.2. The summed E-state index contributed by atoms with van der Waals surface area (Å²) in [4.78, 5) is 73.8. The molecule has 0 bridgehead atoms. The summed E-state index contributed by atoms with van der Waals surface area (Å²) in [5.74, 6) is 2.15. The van der Waals surface area contributed by atoms with Gasteiger partial charge >= 0.3 is 12.2 Å². The second-order valence-electron chi connectivity index (χ2n) is 17.8. The van der Waals surface area contributed by atoms with Gasteiger partial charge in [0.2, 0.25) is 5.91 Å². The molecule has 2 saturated heterocycles. The molecule has 4 N–H and O–H groups in total. The molecular weight excluding hydrogens is 813 g/mol. The third-order valence-electron chi connectivity index (χ3n) is 13.8. The van der Waals surface area contributed by atoms with Crippen LogP contribution in [0.1, 0.15) is 93.3 Å². The van der Waals surface area contributed by atoms with Crippen molar-refractivity contribution < 1.29 is 33.4 Å². The Kier molecular flexibility index (Phi) is 10.7. The van der Waals surface area contributed by atoms with Crippen molar-refractivity contribution in [1.82, 2.24) is 40.4 Å². The number of likely N-dealkylation sites (tertiary alicyclic amines) is 2. The molecule has 64 heavy (non-hydrogen) atoms. The number of hydrogen-bond donors (Lipinski definition) is 4. The molecule has 4 aromatic carbocycles. The second kappa shape index (κ2) is 16.7. The average molecular weight is 865 g/mol. The normalized spacial score (nSPS) is 21.0. The number of fused-ring (bicyclic) bond motifs is 7. The minimum atomic E-state index is -0.895. The lowest BCUT2D eigenvalue weighted by atomic mass is 9.92. The zero-order valence-electron chi connectivity index (χ0n) is 36.4. The number of carbonyl (C=O) groups is 4. The number of H-pyrrole nitrogens is 2. The van der Waals surface area contributed by atoms with Gasteiger partial charge < -0.3 is 44.6 Å². The van der Waals surface area contributed by atoms with Gasteiger partial charge in [0.25, 0.3) is 5.91 Å². The van der Waals surface area contributed by atoms with Gasteiger partial charge in [-0.25, -0.2) is 19.6 Å². The van der Waals surface area contributed by atoms with Crippen LogP contribution in [0, 0.1) is 11.8 Å². The highest BCUT2D eigenvalue weighted by molar-refractivity contribution is 6.07. The van der Waals surface area contributed by atoms with Crippen LogP contribution in [0.15, 0.2) is 79.0 Å². The van der Waals surface area contributed by atoms with Gasteiger partial charge in [0.05, 0.1) is 49.2 Å². The number of nitrogens with zero attached hydrogens (tertiary/aromatic N) is 4. The highest BCUT2D eigenvalue weighted by Gasteiger charge is 2.49. The van der Waals surface area contributed by atoms with Gasteiger partial charge in [-0.05, 0) is 95.8 Å². The van der Waals surface area contributed by atoms with Crippen molar-refractivity contribution in [3.05, 3.63) is 102 Å². The fraction of sp³-hybridized carbons (Fsp3) is 0.388. The van der Waals surface area contributed by atoms with Gasteiger partial charge in [-0.15, -0.1) is 0 Å². The van der Waals surface area contributed by atoms with Gasteiger partial charge in [-0.1, -0.05) is 68.8 Å². The van der Waals surface area contributed by atoms with E-state index in [0.29, 0.717) is 30.5 Å². The first kappa shape index (κ1) is 41.1. The molecule has 3 fully saturated rings. The van der Waals surface area contributed by atoms with E-state index in [1.54, 1.807) is 4.90 Å². The Morgan fingerprint density at radius 3 is 2.44 bits per heavy atom. The van der Waals surface area contributed by atoms with Gasteiger partial charge in [0.1, 0.15) is 36.1 Å². The predicted molar refractivity (Wildman–Crippen MR) is 239 cm³/mol. The van der Waals surface area contributed by atoms with Gasteiger partial charge in [0, 0.05) is 23.5 Å². The zero-order valence-corrected chi connectivity index (χ0v) is 36.4. The Balaban J connectivity index is 0.906. The molecule has 1 aliphatic carbocycles. The van der Waals surface area contributed by atoms with Crippen LogP contribution in [0.5, 0.6) is 5.75 Å². The van der Waals surface area contributed by atoms with Crippen LogP contribution in [-0.4, -0.2) is 86.6 Å². The van der Waals surface area contributed by atoms with Gasteiger partial charge in [-0.2, -0.15) is 0 Å². The first-order chi connectivity index (χ1) is 31.1. The molecule has 0 spiro atoms. The molecule has 330 valence electrons. The number of alkyl carbamates (subject to hydrolysis) is 2. The number of nitrogens with one attached hydrogen (secondary N) is 4. The van der Waals surface area contributed by atoms with Crippen LogP contribution in [0.3, 0.4) is 0 Å². The Hall–Kier alpha value is -6.90. The van der Waals surface area contributed by atoms with E-state index in [9.17, 15) is 19.2 Å². The van der Waals surface area contributed by atoms with Crippen LogP contribution in [0.25, 0.3) is 44.2 Å². The monoisotopic (exact) mass is 864 g/mol. The minimum Gasteiger partial charge on any atom is -0.488 e. The molecule has 6 aromatic rings. The molecule has 0 radical (unpaired) electrons. The molecule has 4 aliphatic rings. The summed E-state index contributed by atoms with van der Waals surface area (Å²) in [7, 11) is 2.59. The number of aromatic nitrogens is 4. The molecule has 15 nitrogen and oxygen atoms in total. The molecule has 1 unspecified atom stereocenters. The molecule has 10 rings (SSSR count). The number of benzene rings is 4. The van der Waals surface area contributed by atoms with Gasteiger partial charge in [0.15, 0.2) is 0 Å². The van der Waals surface area contributed by atoms with Crippen molar-refractivity contribution in [2.24, 2.45) is 11.8 Å². The van der Waals surface area contributed by atoms with Crippen LogP contribution in [-0.2, 0) is 25.7 Å². The van der Waals surface area contributed by atoms with Crippen molar-refractivity contribution >= 4 is 45.8 Å². The maximum Gasteiger partial charge on any atom is 0.407 e. The molecule has 5 heterocycles. The highest BCUT2D eigenvalue weighted by Crippen LogP contribution is 2.49. The van der Waals surface area contributed by atoms with E-state index in [1.165, 1.54) is 14.2 Å². The maximum absolute atomic E-state index is 14.3. The van der Waals surface area contributed by atoms with Crippen LogP contribution >= 0.6 is 0 Å².